The average Bonchev–Trinajstić information content (AvgIpc) is 3.41. The van der Waals surface area contributed by atoms with Gasteiger partial charge in [-0.2, -0.15) is 0 Å². The van der Waals surface area contributed by atoms with Crippen LogP contribution in [0.25, 0.3) is 5.69 Å². The first-order valence-corrected chi connectivity index (χ1v) is 12.3. The van der Waals surface area contributed by atoms with Crippen molar-refractivity contribution in [3.63, 3.8) is 0 Å². The normalized spacial score (nSPS) is 13.0. The molecule has 10 heteroatoms. The predicted molar refractivity (Wildman–Crippen MR) is 134 cm³/mol. The van der Waals surface area contributed by atoms with Gasteiger partial charge >= 0.3 is 0 Å². The van der Waals surface area contributed by atoms with Gasteiger partial charge in [0.15, 0.2) is 5.17 Å². The van der Waals surface area contributed by atoms with Crippen LogP contribution in [0.2, 0.25) is 0 Å². The average molecular weight is 482 g/mol. The molecule has 3 aromatic rings. The maximum Gasteiger partial charge on any atom is 0.295 e. The third-order valence-corrected chi connectivity index (χ3v) is 7.08. The van der Waals surface area contributed by atoms with Crippen molar-refractivity contribution in [1.29, 1.82) is 0 Å². The number of hydrogen-bond acceptors (Lipinski definition) is 6. The van der Waals surface area contributed by atoms with Crippen LogP contribution in [0.3, 0.4) is 0 Å². The second kappa shape index (κ2) is 10.1. The fourth-order valence-corrected chi connectivity index (χ4v) is 4.96. The van der Waals surface area contributed by atoms with Gasteiger partial charge in [-0.25, -0.2) is 4.68 Å². The zero-order valence-corrected chi connectivity index (χ0v) is 19.8. The van der Waals surface area contributed by atoms with E-state index in [0.29, 0.717) is 33.6 Å². The van der Waals surface area contributed by atoms with Gasteiger partial charge in [0, 0.05) is 17.7 Å². The molecule has 170 valence electrons. The van der Waals surface area contributed by atoms with E-state index in [1.54, 1.807) is 36.9 Å². The van der Waals surface area contributed by atoms with Gasteiger partial charge in [0.25, 0.3) is 11.5 Å². The summed E-state index contributed by atoms with van der Waals surface area (Å²) in [4.78, 5) is 43.3. The molecule has 0 saturated carbocycles. The van der Waals surface area contributed by atoms with Crippen LogP contribution in [0.4, 0.5) is 5.69 Å². The molecule has 0 bridgehead atoms. The number of benzene rings is 2. The third kappa shape index (κ3) is 5.07. The highest BCUT2D eigenvalue weighted by molar-refractivity contribution is 8.14. The molecule has 2 aromatic carbocycles. The van der Waals surface area contributed by atoms with Gasteiger partial charge < -0.3 is 10.6 Å². The lowest BCUT2D eigenvalue weighted by Gasteiger charge is -2.09. The molecule has 2 N–H and O–H groups in total. The van der Waals surface area contributed by atoms with Gasteiger partial charge in [-0.05, 0) is 31.2 Å². The highest BCUT2D eigenvalue weighted by Crippen LogP contribution is 2.24. The van der Waals surface area contributed by atoms with E-state index in [1.165, 1.54) is 28.2 Å². The summed E-state index contributed by atoms with van der Waals surface area (Å²) in [5.74, 6) is 0.337. The number of amidine groups is 1. The van der Waals surface area contributed by atoms with Crippen molar-refractivity contribution in [3.8, 4) is 5.69 Å². The number of amides is 2. The Kier molecular flexibility index (Phi) is 7.05. The summed E-state index contributed by atoms with van der Waals surface area (Å²) >= 11 is 2.75. The topological polar surface area (TPSA) is 97.5 Å². The molecule has 8 nitrogen and oxygen atoms in total. The molecule has 4 rings (SSSR count). The number of anilines is 1. The predicted octanol–water partition coefficient (Wildman–Crippen LogP) is 3.05. The zero-order valence-electron chi connectivity index (χ0n) is 18.2. The Morgan fingerprint density at radius 2 is 1.82 bits per heavy atom. The Balaban J connectivity index is 1.46. The summed E-state index contributed by atoms with van der Waals surface area (Å²) in [7, 11) is 1.77. The number of nitrogens with zero attached hydrogens (tertiary/aromatic N) is 3. The van der Waals surface area contributed by atoms with Gasteiger partial charge in [-0.3, -0.25) is 24.1 Å². The van der Waals surface area contributed by atoms with E-state index in [0.717, 1.165) is 5.75 Å². The van der Waals surface area contributed by atoms with E-state index in [1.807, 2.05) is 36.4 Å². The lowest BCUT2D eigenvalue weighted by molar-refractivity contribution is -0.113. The van der Waals surface area contributed by atoms with Crippen LogP contribution < -0.4 is 16.2 Å². The first-order chi connectivity index (χ1) is 16.0. The van der Waals surface area contributed by atoms with E-state index in [4.69, 9.17) is 0 Å². The van der Waals surface area contributed by atoms with E-state index in [2.05, 4.69) is 15.6 Å². The molecule has 0 unspecified atom stereocenters. The quantitative estimate of drug-likeness (QED) is 0.528. The number of carbonyl (C=O) groups excluding carboxylic acids is 2. The zero-order chi connectivity index (χ0) is 23.4. The van der Waals surface area contributed by atoms with Crippen LogP contribution in [0.1, 0.15) is 16.1 Å². The highest BCUT2D eigenvalue weighted by Gasteiger charge is 2.20. The molecule has 33 heavy (non-hydrogen) atoms. The van der Waals surface area contributed by atoms with Gasteiger partial charge in [0.1, 0.15) is 5.69 Å². The lowest BCUT2D eigenvalue weighted by atomic mass is 10.2. The molecule has 1 aliphatic heterocycles. The van der Waals surface area contributed by atoms with Gasteiger partial charge in [-0.1, -0.05) is 42.1 Å². The van der Waals surface area contributed by atoms with Crippen LogP contribution >= 0.6 is 23.5 Å². The molecule has 0 saturated heterocycles. The van der Waals surface area contributed by atoms with Crippen LogP contribution in [-0.4, -0.2) is 44.4 Å². The number of aromatic nitrogens is 2. The van der Waals surface area contributed by atoms with Crippen LogP contribution in [0.15, 0.2) is 69.3 Å². The van der Waals surface area contributed by atoms with Crippen molar-refractivity contribution < 1.29 is 9.59 Å². The van der Waals surface area contributed by atoms with Crippen LogP contribution in [-0.2, 0) is 11.8 Å². The molecule has 0 fully saturated rings. The second-order valence-corrected chi connectivity index (χ2v) is 9.36. The fourth-order valence-electron chi connectivity index (χ4n) is 3.39. The highest BCUT2D eigenvalue weighted by atomic mass is 32.2. The number of nitrogens with one attached hydrogen (secondary N) is 2. The Bertz CT molecular complexity index is 1280. The lowest BCUT2D eigenvalue weighted by Crippen LogP contribution is -2.28. The Morgan fingerprint density at radius 3 is 2.55 bits per heavy atom. The monoisotopic (exact) mass is 481 g/mol. The summed E-state index contributed by atoms with van der Waals surface area (Å²) in [6.07, 6.45) is 0. The summed E-state index contributed by atoms with van der Waals surface area (Å²) in [6.45, 7) is 2.48. The van der Waals surface area contributed by atoms with E-state index >= 15 is 0 Å². The number of thioether (sulfide) groups is 2. The van der Waals surface area contributed by atoms with Crippen molar-refractivity contribution in [2.75, 3.05) is 23.4 Å². The molecule has 0 radical (unpaired) electrons. The van der Waals surface area contributed by atoms with Crippen LogP contribution in [0, 0.1) is 6.92 Å². The molecule has 0 aliphatic carbocycles. The maximum absolute atomic E-state index is 13.0. The van der Waals surface area contributed by atoms with Crippen molar-refractivity contribution >= 4 is 46.2 Å². The number of hydrogen-bond donors (Lipinski definition) is 2. The first kappa shape index (κ1) is 22.9. The van der Waals surface area contributed by atoms with Gasteiger partial charge in [0.2, 0.25) is 5.91 Å². The van der Waals surface area contributed by atoms with E-state index in [9.17, 15) is 14.4 Å². The molecule has 1 aliphatic rings. The summed E-state index contributed by atoms with van der Waals surface area (Å²) in [5.41, 5.74) is 1.79. The molecule has 2 amide bonds. The molecular weight excluding hydrogens is 458 g/mol. The number of rotatable bonds is 6. The third-order valence-electron chi connectivity index (χ3n) is 5.12. The van der Waals surface area contributed by atoms with Gasteiger partial charge in [0.05, 0.1) is 29.2 Å². The minimum Gasteiger partial charge on any atom is -0.319 e. The first-order valence-electron chi connectivity index (χ1n) is 10.3. The van der Waals surface area contributed by atoms with Crippen molar-refractivity contribution in [1.82, 2.24) is 14.7 Å². The summed E-state index contributed by atoms with van der Waals surface area (Å²) in [6, 6.07) is 16.4. The summed E-state index contributed by atoms with van der Waals surface area (Å²) < 4.78 is 3.23. The van der Waals surface area contributed by atoms with E-state index in [-0.39, 0.29) is 28.8 Å². The molecule has 0 spiro atoms. The minimum absolute atomic E-state index is 0.0547. The van der Waals surface area contributed by atoms with Crippen molar-refractivity contribution in [2.24, 2.45) is 12.0 Å². The van der Waals surface area contributed by atoms with Gasteiger partial charge in [-0.15, -0.1) is 11.8 Å². The Labute approximate surface area is 199 Å². The molecule has 0 atom stereocenters. The maximum atomic E-state index is 13.0. The van der Waals surface area contributed by atoms with Crippen molar-refractivity contribution in [2.45, 2.75) is 11.8 Å². The Hall–Kier alpha value is -3.24. The largest absolute Gasteiger partial charge is 0.319 e. The second-order valence-electron chi connectivity index (χ2n) is 7.26. The summed E-state index contributed by atoms with van der Waals surface area (Å²) in [5, 5.41) is 6.18. The van der Waals surface area contributed by atoms with Crippen LogP contribution in [0.5, 0.6) is 0 Å². The number of carbonyl (C=O) groups is 2. The standard InChI is InChI=1S/C23H23N5O3S2/c1-15-20(22(31)28(27(15)2)16-8-4-3-5-9-16)25-19(29)14-33-18-11-7-6-10-17(18)21(30)26-23-24-12-13-32-23/h3-11H,12-14H2,1-2H3,(H,25,29)(H,24,26,30). The number of para-hydroxylation sites is 1. The molecule has 2 heterocycles. The molecular formula is C23H23N5O3S2. The van der Waals surface area contributed by atoms with Crippen molar-refractivity contribution in [3.05, 3.63) is 76.2 Å². The van der Waals surface area contributed by atoms with E-state index < -0.39 is 0 Å². The Morgan fingerprint density at radius 1 is 1.09 bits per heavy atom. The minimum atomic E-state index is -0.322. The fraction of sp³-hybridized carbons (Fsp3) is 0.217. The smallest absolute Gasteiger partial charge is 0.295 e. The SMILES string of the molecule is Cc1c(NC(=O)CSc2ccccc2C(=O)NC2=NCCS2)c(=O)n(-c2ccccc2)n1C. The number of aliphatic imine (C=N–C) groups is 1. The molecule has 1 aromatic heterocycles.